The molecule has 0 aliphatic carbocycles. The van der Waals surface area contributed by atoms with Crippen LogP contribution in [0.1, 0.15) is 11.1 Å². The second kappa shape index (κ2) is 5.59. The van der Waals surface area contributed by atoms with Crippen LogP contribution >= 0.6 is 0 Å². The first-order chi connectivity index (χ1) is 8.70. The van der Waals surface area contributed by atoms with E-state index in [-0.39, 0.29) is 5.69 Å². The van der Waals surface area contributed by atoms with Crippen LogP contribution in [-0.2, 0) is 11.0 Å². The normalized spacial score (nSPS) is 10.9. The number of urea groups is 1. The molecular weight excluding hydrogens is 265 g/mol. The van der Waals surface area contributed by atoms with Crippen LogP contribution in [0.3, 0.4) is 0 Å². The van der Waals surface area contributed by atoms with Gasteiger partial charge in [-0.15, -0.1) is 0 Å². The molecule has 2 amide bonds. The summed E-state index contributed by atoms with van der Waals surface area (Å²) in [6, 6.07) is 2.02. The number of alkyl halides is 3. The summed E-state index contributed by atoms with van der Waals surface area (Å²) in [5.74, 6) is -1.25. The Morgan fingerprint density at radius 1 is 1.32 bits per heavy atom. The van der Waals surface area contributed by atoms with E-state index in [1.165, 1.54) is 13.0 Å². The number of carbonyl (C=O) groups excluding carboxylic acids is 1. The van der Waals surface area contributed by atoms with Gasteiger partial charge < -0.3 is 15.7 Å². The zero-order valence-corrected chi connectivity index (χ0v) is 9.84. The lowest BCUT2D eigenvalue weighted by molar-refractivity contribution is -0.137. The number of halogens is 3. The second-order valence-corrected chi connectivity index (χ2v) is 3.73. The number of hydrogen-bond donors (Lipinski definition) is 3. The zero-order valence-electron chi connectivity index (χ0n) is 9.84. The molecule has 1 aromatic rings. The molecule has 1 aromatic carbocycles. The van der Waals surface area contributed by atoms with Crippen molar-refractivity contribution in [3.05, 3.63) is 29.3 Å². The summed E-state index contributed by atoms with van der Waals surface area (Å²) in [6.07, 6.45) is -4.51. The third kappa shape index (κ3) is 4.49. The Hall–Kier alpha value is -2.25. The molecule has 0 spiro atoms. The van der Waals surface area contributed by atoms with Crippen molar-refractivity contribution in [3.8, 4) is 0 Å². The molecule has 0 saturated carbocycles. The topological polar surface area (TPSA) is 78.4 Å². The number of carboxylic acids is 1. The smallest absolute Gasteiger partial charge is 0.416 e. The summed E-state index contributed by atoms with van der Waals surface area (Å²) >= 11 is 0. The monoisotopic (exact) mass is 276 g/mol. The van der Waals surface area contributed by atoms with Gasteiger partial charge in [0.05, 0.1) is 5.56 Å². The fraction of sp³-hybridized carbons (Fsp3) is 0.273. The van der Waals surface area contributed by atoms with Gasteiger partial charge in [0.1, 0.15) is 6.54 Å². The maximum absolute atomic E-state index is 12.5. The first-order valence-electron chi connectivity index (χ1n) is 5.14. The van der Waals surface area contributed by atoms with Crippen LogP contribution in [0, 0.1) is 6.92 Å². The van der Waals surface area contributed by atoms with Gasteiger partial charge in [0.15, 0.2) is 0 Å². The number of carboxylic acid groups (broad SMARTS) is 1. The molecular formula is C11H11F3N2O3. The van der Waals surface area contributed by atoms with Gasteiger partial charge in [0.2, 0.25) is 0 Å². The molecule has 0 aliphatic heterocycles. The number of nitrogens with one attached hydrogen (secondary N) is 2. The minimum Gasteiger partial charge on any atom is -0.480 e. The standard InChI is InChI=1S/C11H11F3N2O3/c1-6-2-3-7(11(12,13)14)4-8(6)16-10(19)15-5-9(17)18/h2-4H,5H2,1H3,(H,17,18)(H2,15,16,19). The lowest BCUT2D eigenvalue weighted by Gasteiger charge is -2.12. The Bertz CT molecular complexity index is 500. The van der Waals surface area contributed by atoms with Crippen molar-refractivity contribution in [1.29, 1.82) is 0 Å². The van der Waals surface area contributed by atoms with Crippen LogP contribution in [0.4, 0.5) is 23.7 Å². The quantitative estimate of drug-likeness (QED) is 0.792. The fourth-order valence-corrected chi connectivity index (χ4v) is 1.26. The van der Waals surface area contributed by atoms with Gasteiger partial charge >= 0.3 is 18.2 Å². The van der Waals surface area contributed by atoms with Crippen molar-refractivity contribution < 1.29 is 27.9 Å². The van der Waals surface area contributed by atoms with Gasteiger partial charge in [-0.2, -0.15) is 13.2 Å². The minimum atomic E-state index is -4.51. The van der Waals surface area contributed by atoms with E-state index in [2.05, 4.69) is 5.32 Å². The second-order valence-electron chi connectivity index (χ2n) is 3.73. The maximum atomic E-state index is 12.5. The molecule has 0 saturated heterocycles. The molecule has 0 aromatic heterocycles. The highest BCUT2D eigenvalue weighted by atomic mass is 19.4. The highest BCUT2D eigenvalue weighted by Gasteiger charge is 2.30. The summed E-state index contributed by atoms with van der Waals surface area (Å²) < 4.78 is 37.5. The maximum Gasteiger partial charge on any atom is 0.416 e. The van der Waals surface area contributed by atoms with Crippen LogP contribution in [0.15, 0.2) is 18.2 Å². The number of aryl methyl sites for hydroxylation is 1. The van der Waals surface area contributed by atoms with Crippen molar-refractivity contribution in [2.75, 3.05) is 11.9 Å². The predicted molar refractivity (Wildman–Crippen MR) is 60.8 cm³/mol. The summed E-state index contributed by atoms with van der Waals surface area (Å²) in [7, 11) is 0. The number of anilines is 1. The first kappa shape index (κ1) is 14.8. The summed E-state index contributed by atoms with van der Waals surface area (Å²) in [5, 5.41) is 12.5. The van der Waals surface area contributed by atoms with Crippen LogP contribution in [0.2, 0.25) is 0 Å². The number of hydrogen-bond acceptors (Lipinski definition) is 2. The third-order valence-electron chi connectivity index (χ3n) is 2.21. The molecule has 1 rings (SSSR count). The van der Waals surface area contributed by atoms with E-state index in [9.17, 15) is 22.8 Å². The average molecular weight is 276 g/mol. The number of amides is 2. The first-order valence-corrected chi connectivity index (χ1v) is 5.14. The lowest BCUT2D eigenvalue weighted by atomic mass is 10.1. The van der Waals surface area contributed by atoms with E-state index in [0.717, 1.165) is 12.1 Å². The van der Waals surface area contributed by atoms with E-state index < -0.39 is 30.3 Å². The van der Waals surface area contributed by atoms with Crippen LogP contribution in [0.25, 0.3) is 0 Å². The minimum absolute atomic E-state index is 0.0299. The van der Waals surface area contributed by atoms with Gasteiger partial charge in [0.25, 0.3) is 0 Å². The van der Waals surface area contributed by atoms with Gasteiger partial charge in [-0.25, -0.2) is 4.79 Å². The van der Waals surface area contributed by atoms with Crippen molar-refractivity contribution in [3.63, 3.8) is 0 Å². The Kier molecular flexibility index (Phi) is 4.36. The van der Waals surface area contributed by atoms with Crippen LogP contribution < -0.4 is 10.6 Å². The van der Waals surface area contributed by atoms with Crippen LogP contribution in [0.5, 0.6) is 0 Å². The molecule has 0 atom stereocenters. The van der Waals surface area contributed by atoms with Crippen LogP contribution in [-0.4, -0.2) is 23.7 Å². The van der Waals surface area contributed by atoms with Gasteiger partial charge in [-0.1, -0.05) is 6.07 Å². The molecule has 8 heteroatoms. The van der Waals surface area contributed by atoms with E-state index in [1.807, 2.05) is 5.32 Å². The van der Waals surface area contributed by atoms with Gasteiger partial charge in [-0.3, -0.25) is 4.79 Å². The number of rotatable bonds is 3. The van der Waals surface area contributed by atoms with Crippen molar-refractivity contribution in [2.45, 2.75) is 13.1 Å². The van der Waals surface area contributed by atoms with Gasteiger partial charge in [-0.05, 0) is 24.6 Å². The molecule has 104 valence electrons. The Labute approximate surface area is 106 Å². The summed E-state index contributed by atoms with van der Waals surface area (Å²) in [4.78, 5) is 21.5. The summed E-state index contributed by atoms with van der Waals surface area (Å²) in [6.45, 7) is 0.900. The molecule has 19 heavy (non-hydrogen) atoms. The molecule has 0 aliphatic rings. The molecule has 3 N–H and O–H groups in total. The van der Waals surface area contributed by atoms with Gasteiger partial charge in [0, 0.05) is 5.69 Å². The highest BCUT2D eigenvalue weighted by molar-refractivity contribution is 5.92. The van der Waals surface area contributed by atoms with E-state index in [1.54, 1.807) is 0 Å². The van der Waals surface area contributed by atoms with E-state index in [4.69, 9.17) is 5.11 Å². The predicted octanol–water partition coefficient (Wildman–Crippen LogP) is 2.22. The third-order valence-corrected chi connectivity index (χ3v) is 2.21. The molecule has 0 fully saturated rings. The largest absolute Gasteiger partial charge is 0.480 e. The molecule has 0 bridgehead atoms. The fourth-order valence-electron chi connectivity index (χ4n) is 1.26. The Morgan fingerprint density at radius 2 is 1.95 bits per heavy atom. The number of carbonyl (C=O) groups is 2. The molecule has 0 unspecified atom stereocenters. The Morgan fingerprint density at radius 3 is 2.47 bits per heavy atom. The Balaban J connectivity index is 2.83. The van der Waals surface area contributed by atoms with E-state index >= 15 is 0 Å². The molecule has 5 nitrogen and oxygen atoms in total. The lowest BCUT2D eigenvalue weighted by Crippen LogP contribution is -2.33. The van der Waals surface area contributed by atoms with Crippen molar-refractivity contribution >= 4 is 17.7 Å². The average Bonchev–Trinajstić information content (AvgIpc) is 2.28. The summed E-state index contributed by atoms with van der Waals surface area (Å²) in [5.41, 5.74) is -0.497. The number of benzene rings is 1. The molecule has 0 radical (unpaired) electrons. The SMILES string of the molecule is Cc1ccc(C(F)(F)F)cc1NC(=O)NCC(=O)O. The molecule has 0 heterocycles. The highest BCUT2D eigenvalue weighted by Crippen LogP contribution is 2.31. The zero-order chi connectivity index (χ0) is 14.6. The van der Waals surface area contributed by atoms with E-state index in [0.29, 0.717) is 5.56 Å². The number of aliphatic carboxylic acids is 1. The van der Waals surface area contributed by atoms with Crippen molar-refractivity contribution in [1.82, 2.24) is 5.32 Å². The van der Waals surface area contributed by atoms with Crippen molar-refractivity contribution in [2.24, 2.45) is 0 Å².